The van der Waals surface area contributed by atoms with Crippen LogP contribution in [0, 0.1) is 23.1 Å². The number of carbonyl (C=O) groups is 1. The van der Waals surface area contributed by atoms with E-state index in [2.05, 4.69) is 10.4 Å². The van der Waals surface area contributed by atoms with Crippen molar-refractivity contribution in [2.45, 2.75) is 44.7 Å². The van der Waals surface area contributed by atoms with Crippen LogP contribution >= 0.6 is 0 Å². The van der Waals surface area contributed by atoms with Crippen LogP contribution in [0.15, 0.2) is 18.2 Å². The summed E-state index contributed by atoms with van der Waals surface area (Å²) in [6.45, 7) is -0.566. The van der Waals surface area contributed by atoms with Crippen molar-refractivity contribution < 1.29 is 31.5 Å². The lowest BCUT2D eigenvalue weighted by Crippen LogP contribution is -2.39. The van der Waals surface area contributed by atoms with E-state index in [1.165, 1.54) is 21.7 Å². The first kappa shape index (κ1) is 23.9. The number of urea groups is 1. The predicted octanol–water partition coefficient (Wildman–Crippen LogP) is 4.27. The molecule has 34 heavy (non-hydrogen) atoms. The van der Waals surface area contributed by atoms with Gasteiger partial charge in [0.05, 0.1) is 24.4 Å². The molecule has 182 valence electrons. The Bertz CT molecular complexity index is 1110. The fourth-order valence-corrected chi connectivity index (χ4v) is 4.33. The smallest absolute Gasteiger partial charge is 0.322 e. The molecule has 0 saturated heterocycles. The number of fused-ring (bicyclic) bond motifs is 3. The molecule has 0 fully saturated rings. The third kappa shape index (κ3) is 4.99. The monoisotopic (exact) mass is 483 g/mol. The number of amides is 2. The molecule has 0 spiro atoms. The Balaban J connectivity index is 1.51. The summed E-state index contributed by atoms with van der Waals surface area (Å²) in [7, 11) is 0. The van der Waals surface area contributed by atoms with Crippen molar-refractivity contribution in [2.75, 3.05) is 25.1 Å². The summed E-state index contributed by atoms with van der Waals surface area (Å²) < 4.78 is 74.6. The zero-order chi connectivity index (χ0) is 24.5. The summed E-state index contributed by atoms with van der Waals surface area (Å²) in [5, 5.41) is 15.9. The number of nitriles is 1. The Morgan fingerprint density at radius 1 is 1.38 bits per heavy atom. The van der Waals surface area contributed by atoms with Gasteiger partial charge in [-0.3, -0.25) is 4.68 Å². The molecule has 2 aromatic rings. The van der Waals surface area contributed by atoms with Gasteiger partial charge in [-0.05, 0) is 24.6 Å². The second-order valence-electron chi connectivity index (χ2n) is 8.40. The highest BCUT2D eigenvalue weighted by atomic mass is 19.3. The van der Waals surface area contributed by atoms with Crippen molar-refractivity contribution in [3.05, 3.63) is 46.5 Å². The molecule has 0 bridgehead atoms. The minimum Gasteiger partial charge on any atom is -0.375 e. The molecule has 2 amide bonds. The van der Waals surface area contributed by atoms with E-state index in [4.69, 9.17) is 10.00 Å². The number of halogens is 5. The van der Waals surface area contributed by atoms with Gasteiger partial charge in [0.2, 0.25) is 0 Å². The maximum absolute atomic E-state index is 15.1. The number of hydrogen-bond acceptors (Lipinski definition) is 4. The van der Waals surface area contributed by atoms with Gasteiger partial charge in [-0.2, -0.15) is 19.1 Å². The highest BCUT2D eigenvalue weighted by Crippen LogP contribution is 2.41. The minimum atomic E-state index is -3.20. The maximum Gasteiger partial charge on any atom is 0.322 e. The van der Waals surface area contributed by atoms with E-state index in [0.717, 1.165) is 6.07 Å². The van der Waals surface area contributed by atoms with Crippen LogP contribution in [-0.4, -0.2) is 46.9 Å². The van der Waals surface area contributed by atoms with Crippen LogP contribution in [0.4, 0.5) is 32.4 Å². The van der Waals surface area contributed by atoms with Gasteiger partial charge < -0.3 is 15.0 Å². The van der Waals surface area contributed by atoms with Gasteiger partial charge in [0, 0.05) is 43.1 Å². The molecule has 7 nitrogen and oxygen atoms in total. The average Bonchev–Trinajstić information content (AvgIpc) is 3.10. The number of alkyl halides is 4. The van der Waals surface area contributed by atoms with Crippen LogP contribution in [-0.2, 0) is 30.2 Å². The topological polar surface area (TPSA) is 83.2 Å². The molecule has 1 N–H and O–H groups in total. The number of carbonyl (C=O) groups excluding carboxylic acids is 1. The summed E-state index contributed by atoms with van der Waals surface area (Å²) in [6.07, 6.45) is -2.76. The quantitative estimate of drug-likeness (QED) is 0.644. The van der Waals surface area contributed by atoms with Crippen LogP contribution in [0.1, 0.15) is 35.4 Å². The summed E-state index contributed by atoms with van der Waals surface area (Å²) in [5.74, 6) is -4.30. The summed E-state index contributed by atoms with van der Waals surface area (Å²) in [4.78, 5) is 14.1. The highest BCUT2D eigenvalue weighted by molar-refractivity contribution is 5.89. The van der Waals surface area contributed by atoms with E-state index < -0.39 is 37.2 Å². The van der Waals surface area contributed by atoms with Crippen molar-refractivity contribution in [1.29, 1.82) is 5.26 Å². The van der Waals surface area contributed by atoms with E-state index in [-0.39, 0.29) is 67.5 Å². The van der Waals surface area contributed by atoms with E-state index in [9.17, 15) is 18.0 Å². The van der Waals surface area contributed by atoms with Crippen LogP contribution in [0.2, 0.25) is 0 Å². The first-order chi connectivity index (χ1) is 16.2. The number of nitrogens with one attached hydrogen (secondary N) is 1. The van der Waals surface area contributed by atoms with Crippen molar-refractivity contribution in [2.24, 2.45) is 5.92 Å². The second-order valence-corrected chi connectivity index (χ2v) is 8.40. The standard InChI is InChI=1S/C22H22F5N5O2/c23-17-2-1-15(7-14(17)8-28)29-21(33)31-6-4-18-16(10-31)20-22(26,27)5-3-13(9-32(20)30-18)11-34-12-19(24)25/h1-2,7,13,19H,3-6,9-12H2,(H,29,33)/t13-/m0/s1. The summed E-state index contributed by atoms with van der Waals surface area (Å²) in [6, 6.07) is 4.67. The molecular formula is C22H22F5N5O2. The van der Waals surface area contributed by atoms with Gasteiger partial charge in [0.1, 0.15) is 24.2 Å². The lowest BCUT2D eigenvalue weighted by molar-refractivity contribution is -0.0273. The SMILES string of the molecule is N#Cc1cc(NC(=O)N2CCc3nn4c(c3C2)C(F)(F)CC[C@H](COCC(F)F)C4)ccc1F. The average molecular weight is 483 g/mol. The first-order valence-corrected chi connectivity index (χ1v) is 10.8. The molecule has 4 rings (SSSR count). The number of ether oxygens (including phenoxy) is 1. The third-order valence-corrected chi connectivity index (χ3v) is 5.97. The fourth-order valence-electron chi connectivity index (χ4n) is 4.33. The lowest BCUT2D eigenvalue weighted by atomic mass is 9.98. The van der Waals surface area contributed by atoms with Crippen molar-refractivity contribution in [1.82, 2.24) is 14.7 Å². The number of nitrogens with zero attached hydrogens (tertiary/aromatic N) is 4. The molecule has 3 heterocycles. The number of aromatic nitrogens is 2. The van der Waals surface area contributed by atoms with Gasteiger partial charge in [0.15, 0.2) is 0 Å². The Hall–Kier alpha value is -3.20. The van der Waals surface area contributed by atoms with Crippen LogP contribution in [0.25, 0.3) is 0 Å². The largest absolute Gasteiger partial charge is 0.375 e. The van der Waals surface area contributed by atoms with Crippen molar-refractivity contribution in [3.8, 4) is 6.07 Å². The summed E-state index contributed by atoms with van der Waals surface area (Å²) >= 11 is 0. The second kappa shape index (κ2) is 9.58. The molecular weight excluding hydrogens is 461 g/mol. The molecule has 1 aromatic heterocycles. The van der Waals surface area contributed by atoms with Gasteiger partial charge in [-0.15, -0.1) is 0 Å². The van der Waals surface area contributed by atoms with Gasteiger partial charge in [-0.25, -0.2) is 18.0 Å². The molecule has 1 atom stereocenters. The van der Waals surface area contributed by atoms with Gasteiger partial charge in [-0.1, -0.05) is 0 Å². The predicted molar refractivity (Wildman–Crippen MR) is 110 cm³/mol. The number of anilines is 1. The van der Waals surface area contributed by atoms with Gasteiger partial charge >= 0.3 is 6.03 Å². The normalized spacial score (nSPS) is 19.2. The van der Waals surface area contributed by atoms with E-state index in [1.807, 2.05) is 0 Å². The van der Waals surface area contributed by atoms with E-state index in [0.29, 0.717) is 5.69 Å². The number of hydrogen-bond donors (Lipinski definition) is 1. The van der Waals surface area contributed by atoms with Crippen molar-refractivity contribution >= 4 is 11.7 Å². The molecule has 12 heteroatoms. The summed E-state index contributed by atoms with van der Waals surface area (Å²) in [5.41, 5.74) is 0.468. The molecule has 0 radical (unpaired) electrons. The Kier molecular flexibility index (Phi) is 6.74. The zero-order valence-corrected chi connectivity index (χ0v) is 18.0. The minimum absolute atomic E-state index is 0.0682. The highest BCUT2D eigenvalue weighted by Gasteiger charge is 2.43. The number of rotatable bonds is 5. The van der Waals surface area contributed by atoms with Crippen molar-refractivity contribution in [3.63, 3.8) is 0 Å². The molecule has 1 aromatic carbocycles. The maximum atomic E-state index is 15.1. The Morgan fingerprint density at radius 2 is 2.18 bits per heavy atom. The van der Waals surface area contributed by atoms with Crippen LogP contribution in [0.3, 0.4) is 0 Å². The molecule has 0 unspecified atom stereocenters. The van der Waals surface area contributed by atoms with E-state index >= 15 is 8.78 Å². The molecule has 0 saturated carbocycles. The fraction of sp³-hybridized carbons (Fsp3) is 0.500. The first-order valence-electron chi connectivity index (χ1n) is 10.8. The third-order valence-electron chi connectivity index (χ3n) is 5.97. The molecule has 2 aliphatic rings. The van der Waals surface area contributed by atoms with Crippen LogP contribution in [0.5, 0.6) is 0 Å². The van der Waals surface area contributed by atoms with Crippen LogP contribution < -0.4 is 5.32 Å². The van der Waals surface area contributed by atoms with Gasteiger partial charge in [0.25, 0.3) is 12.3 Å². The van der Waals surface area contributed by atoms with E-state index in [1.54, 1.807) is 6.07 Å². The molecule has 0 aliphatic carbocycles. The Labute approximate surface area is 192 Å². The lowest BCUT2D eigenvalue weighted by Gasteiger charge is -2.28. The zero-order valence-electron chi connectivity index (χ0n) is 18.0. The Morgan fingerprint density at radius 3 is 2.91 bits per heavy atom. The molecule has 2 aliphatic heterocycles. The number of benzene rings is 1.